The summed E-state index contributed by atoms with van der Waals surface area (Å²) in [5.41, 5.74) is 0. The Labute approximate surface area is 129 Å². The molecule has 1 aliphatic rings. The Kier molecular flexibility index (Phi) is 4.33. The van der Waals surface area contributed by atoms with E-state index in [2.05, 4.69) is 20.7 Å². The molecule has 20 heavy (non-hydrogen) atoms. The Morgan fingerprint density at radius 2 is 2.10 bits per heavy atom. The van der Waals surface area contributed by atoms with E-state index in [-0.39, 0.29) is 23.6 Å². The van der Waals surface area contributed by atoms with E-state index in [1.54, 1.807) is 6.92 Å². The number of likely N-dealkylation sites (tertiary alicyclic amines) is 1. The first-order valence-corrected chi connectivity index (χ1v) is 8.90. The number of hydrogen-bond acceptors (Lipinski definition) is 5. The molecule has 1 aromatic rings. The van der Waals surface area contributed by atoms with Crippen molar-refractivity contribution in [3.63, 3.8) is 0 Å². The molecule has 1 N–H and O–H groups in total. The van der Waals surface area contributed by atoms with Gasteiger partial charge >= 0.3 is 0 Å². The number of carbonyl (C=O) groups is 2. The third-order valence-corrected chi connectivity index (χ3v) is 6.36. The number of nitrogens with zero attached hydrogens (tertiary/aromatic N) is 1. The van der Waals surface area contributed by atoms with Gasteiger partial charge in [0.25, 0.3) is 0 Å². The maximum absolute atomic E-state index is 12.3. The number of imide groups is 1. The number of aryl methyl sites for hydroxylation is 1. The summed E-state index contributed by atoms with van der Waals surface area (Å²) in [6.45, 7) is 1.70. The van der Waals surface area contributed by atoms with E-state index in [0.29, 0.717) is 8.66 Å². The van der Waals surface area contributed by atoms with Crippen LogP contribution in [-0.4, -0.2) is 38.2 Å². The molecule has 0 aromatic carbocycles. The summed E-state index contributed by atoms with van der Waals surface area (Å²) in [6.07, 6.45) is 0.341. The Bertz CT molecular complexity index is 668. The van der Waals surface area contributed by atoms with Crippen molar-refractivity contribution in [1.82, 2.24) is 9.62 Å². The second-order valence-corrected chi connectivity index (χ2v) is 8.79. The molecule has 2 heterocycles. The first-order chi connectivity index (χ1) is 9.22. The van der Waals surface area contributed by atoms with Crippen molar-refractivity contribution in [1.29, 1.82) is 0 Å². The number of amides is 2. The van der Waals surface area contributed by atoms with Gasteiger partial charge in [0.1, 0.15) is 6.04 Å². The van der Waals surface area contributed by atoms with Crippen molar-refractivity contribution in [2.45, 2.75) is 30.7 Å². The lowest BCUT2D eigenvalue weighted by Crippen LogP contribution is -2.52. The average Bonchev–Trinajstić information content (AvgIpc) is 2.70. The number of halogens is 1. The Balaban J connectivity index is 2.23. The van der Waals surface area contributed by atoms with Crippen LogP contribution in [0.15, 0.2) is 14.7 Å². The van der Waals surface area contributed by atoms with Crippen LogP contribution in [-0.2, 0) is 19.6 Å². The van der Waals surface area contributed by atoms with Gasteiger partial charge in [0.05, 0.1) is 8.68 Å². The molecule has 2 amide bonds. The lowest BCUT2D eigenvalue weighted by atomic mass is 10.1. The molecule has 1 fully saturated rings. The molecule has 1 unspecified atom stereocenters. The number of hydrogen-bond donors (Lipinski definition) is 1. The van der Waals surface area contributed by atoms with Gasteiger partial charge in [-0.3, -0.25) is 14.5 Å². The van der Waals surface area contributed by atoms with Gasteiger partial charge in [-0.05, 0) is 35.3 Å². The normalized spacial score (nSPS) is 20.6. The summed E-state index contributed by atoms with van der Waals surface area (Å²) in [6, 6.07) is 0.616. The van der Waals surface area contributed by atoms with Crippen LogP contribution in [0.2, 0.25) is 0 Å². The van der Waals surface area contributed by atoms with E-state index in [1.807, 2.05) is 0 Å². The zero-order chi connectivity index (χ0) is 15.1. The monoisotopic (exact) mass is 380 g/mol. The second kappa shape index (κ2) is 5.55. The zero-order valence-electron chi connectivity index (χ0n) is 10.8. The van der Waals surface area contributed by atoms with Gasteiger partial charge in [-0.15, -0.1) is 11.3 Å². The van der Waals surface area contributed by atoms with E-state index >= 15 is 0 Å². The molecule has 1 aliphatic heterocycles. The zero-order valence-corrected chi connectivity index (χ0v) is 14.1. The molecular formula is C11H13BrN2O4S2. The van der Waals surface area contributed by atoms with Crippen LogP contribution >= 0.6 is 27.3 Å². The number of thiophene rings is 1. The van der Waals surface area contributed by atoms with Crippen molar-refractivity contribution in [2.75, 3.05) is 7.05 Å². The fourth-order valence-electron chi connectivity index (χ4n) is 1.97. The van der Waals surface area contributed by atoms with Gasteiger partial charge in [-0.25, -0.2) is 8.42 Å². The molecule has 1 aromatic heterocycles. The highest BCUT2D eigenvalue weighted by Gasteiger charge is 2.35. The minimum atomic E-state index is -3.77. The molecule has 1 atom stereocenters. The lowest BCUT2D eigenvalue weighted by molar-refractivity contribution is -0.147. The molecule has 0 radical (unpaired) electrons. The molecule has 110 valence electrons. The highest BCUT2D eigenvalue weighted by atomic mass is 79.9. The molecule has 9 heteroatoms. The highest BCUT2D eigenvalue weighted by Crippen LogP contribution is 2.30. The van der Waals surface area contributed by atoms with E-state index in [0.717, 1.165) is 4.90 Å². The van der Waals surface area contributed by atoms with Crippen LogP contribution in [0.5, 0.6) is 0 Å². The average molecular weight is 381 g/mol. The first-order valence-electron chi connectivity index (χ1n) is 5.81. The van der Waals surface area contributed by atoms with Crippen LogP contribution < -0.4 is 4.72 Å². The molecule has 0 aliphatic carbocycles. The topological polar surface area (TPSA) is 83.6 Å². The summed E-state index contributed by atoms with van der Waals surface area (Å²) < 4.78 is 27.7. The van der Waals surface area contributed by atoms with E-state index in [1.165, 1.54) is 24.5 Å². The van der Waals surface area contributed by atoms with Gasteiger partial charge in [0, 0.05) is 18.3 Å². The number of carbonyl (C=O) groups excluding carboxylic acids is 2. The van der Waals surface area contributed by atoms with Crippen LogP contribution in [0, 0.1) is 6.92 Å². The largest absolute Gasteiger partial charge is 0.284 e. The van der Waals surface area contributed by atoms with Gasteiger partial charge in [0.15, 0.2) is 0 Å². The van der Waals surface area contributed by atoms with Crippen LogP contribution in [0.25, 0.3) is 0 Å². The van der Waals surface area contributed by atoms with Crippen molar-refractivity contribution in [2.24, 2.45) is 0 Å². The predicted molar refractivity (Wildman–Crippen MR) is 77.9 cm³/mol. The fraction of sp³-hybridized carbons (Fsp3) is 0.455. The minimum absolute atomic E-state index is 0.154. The van der Waals surface area contributed by atoms with Crippen LogP contribution in [0.3, 0.4) is 0 Å². The van der Waals surface area contributed by atoms with Crippen molar-refractivity contribution in [3.05, 3.63) is 14.7 Å². The quantitative estimate of drug-likeness (QED) is 0.799. The molecule has 0 saturated carbocycles. The molecule has 6 nitrogen and oxygen atoms in total. The number of piperidine rings is 1. The Morgan fingerprint density at radius 1 is 1.45 bits per heavy atom. The first kappa shape index (κ1) is 15.6. The van der Waals surface area contributed by atoms with Crippen LogP contribution in [0.1, 0.15) is 17.7 Å². The van der Waals surface area contributed by atoms with Gasteiger partial charge in [-0.2, -0.15) is 4.72 Å². The van der Waals surface area contributed by atoms with Crippen molar-refractivity contribution < 1.29 is 18.0 Å². The van der Waals surface area contributed by atoms with Crippen molar-refractivity contribution >= 4 is 49.1 Å². The van der Waals surface area contributed by atoms with E-state index in [4.69, 9.17) is 0 Å². The summed E-state index contributed by atoms with van der Waals surface area (Å²) in [4.78, 5) is 25.0. The molecular weight excluding hydrogens is 368 g/mol. The Hall–Kier alpha value is -0.770. The maximum Gasteiger partial charge on any atom is 0.247 e. The minimum Gasteiger partial charge on any atom is -0.284 e. The summed E-state index contributed by atoms with van der Waals surface area (Å²) >= 11 is 4.54. The van der Waals surface area contributed by atoms with E-state index < -0.39 is 22.0 Å². The second-order valence-electron chi connectivity index (χ2n) is 4.47. The molecule has 0 bridgehead atoms. The van der Waals surface area contributed by atoms with Gasteiger partial charge in [0.2, 0.25) is 21.8 Å². The standard InChI is InChI=1S/C11H13BrN2O4S2/c1-6-8(5-9(12)19-6)20(17,18)13-7-3-4-10(15)14(2)11(7)16/h5,7,13H,3-4H2,1-2H3. The van der Waals surface area contributed by atoms with Crippen molar-refractivity contribution in [3.8, 4) is 0 Å². The summed E-state index contributed by atoms with van der Waals surface area (Å²) in [5, 5.41) is 0. The number of likely N-dealkylation sites (N-methyl/N-ethyl adjacent to an activating group) is 1. The van der Waals surface area contributed by atoms with Crippen LogP contribution in [0.4, 0.5) is 0 Å². The maximum atomic E-state index is 12.3. The summed E-state index contributed by atoms with van der Waals surface area (Å²) in [5.74, 6) is -0.809. The third-order valence-electron chi connectivity index (χ3n) is 3.08. The van der Waals surface area contributed by atoms with Gasteiger partial charge < -0.3 is 0 Å². The molecule has 0 spiro atoms. The smallest absolute Gasteiger partial charge is 0.247 e. The van der Waals surface area contributed by atoms with Gasteiger partial charge in [-0.1, -0.05) is 0 Å². The number of nitrogens with one attached hydrogen (secondary N) is 1. The molecule has 2 rings (SSSR count). The SMILES string of the molecule is Cc1sc(Br)cc1S(=O)(=O)NC1CCC(=O)N(C)C1=O. The predicted octanol–water partition coefficient (Wildman–Crippen LogP) is 1.24. The fourth-order valence-corrected chi connectivity index (χ4v) is 5.61. The number of rotatable bonds is 3. The lowest BCUT2D eigenvalue weighted by Gasteiger charge is -2.27. The highest BCUT2D eigenvalue weighted by molar-refractivity contribution is 9.11. The number of sulfonamides is 1. The Morgan fingerprint density at radius 3 is 2.65 bits per heavy atom. The third kappa shape index (κ3) is 2.95. The summed E-state index contributed by atoms with van der Waals surface area (Å²) in [7, 11) is -2.41. The van der Waals surface area contributed by atoms with E-state index in [9.17, 15) is 18.0 Å². The molecule has 1 saturated heterocycles.